The van der Waals surface area contributed by atoms with Gasteiger partial charge in [-0.2, -0.15) is 0 Å². The van der Waals surface area contributed by atoms with E-state index in [9.17, 15) is 9.90 Å². The van der Waals surface area contributed by atoms with Gasteiger partial charge in [0.2, 0.25) is 0 Å². The van der Waals surface area contributed by atoms with Gasteiger partial charge in [0.1, 0.15) is 11.4 Å². The molecule has 0 unspecified atom stereocenters. The van der Waals surface area contributed by atoms with Crippen molar-refractivity contribution in [2.45, 2.75) is 32.9 Å². The number of rotatable bonds is 2. The summed E-state index contributed by atoms with van der Waals surface area (Å²) in [4.78, 5) is 11.3. The van der Waals surface area contributed by atoms with Gasteiger partial charge in [0.25, 0.3) is 0 Å². The van der Waals surface area contributed by atoms with Crippen molar-refractivity contribution in [2.75, 3.05) is 0 Å². The molecule has 1 amide bonds. The van der Waals surface area contributed by atoms with Crippen LogP contribution in [0.3, 0.4) is 0 Å². The number of ether oxygens (including phenoxy) is 1. The molecule has 0 spiro atoms. The van der Waals surface area contributed by atoms with Gasteiger partial charge in [0, 0.05) is 12.1 Å². The number of carbonyl (C=O) groups is 1. The molecule has 1 aromatic rings. The number of benzene rings is 1. The van der Waals surface area contributed by atoms with Crippen LogP contribution in [0.4, 0.5) is 4.79 Å². The van der Waals surface area contributed by atoms with Gasteiger partial charge in [0.05, 0.1) is 0 Å². The Morgan fingerprint density at radius 2 is 2.00 bits per heavy atom. The molecule has 0 radical (unpaired) electrons. The maximum Gasteiger partial charge on any atom is 0.407 e. The zero-order chi connectivity index (χ0) is 12.2. The van der Waals surface area contributed by atoms with E-state index in [1.807, 2.05) is 0 Å². The first-order valence-corrected chi connectivity index (χ1v) is 5.12. The summed E-state index contributed by atoms with van der Waals surface area (Å²) in [6.45, 7) is 5.65. The lowest BCUT2D eigenvalue weighted by Crippen LogP contribution is -2.32. The average Bonchev–Trinajstić information content (AvgIpc) is 2.14. The van der Waals surface area contributed by atoms with E-state index in [1.54, 1.807) is 45.0 Å². The molecule has 0 aliphatic heterocycles. The van der Waals surface area contributed by atoms with Gasteiger partial charge < -0.3 is 15.2 Å². The van der Waals surface area contributed by atoms with E-state index in [2.05, 4.69) is 5.32 Å². The van der Waals surface area contributed by atoms with Crippen LogP contribution in [0.5, 0.6) is 5.75 Å². The summed E-state index contributed by atoms with van der Waals surface area (Å²) in [5, 5.41) is 12.0. The monoisotopic (exact) mass is 223 g/mol. The van der Waals surface area contributed by atoms with Gasteiger partial charge in [0.15, 0.2) is 0 Å². The second-order valence-corrected chi connectivity index (χ2v) is 4.48. The van der Waals surface area contributed by atoms with Crippen LogP contribution in [0.1, 0.15) is 26.3 Å². The Morgan fingerprint density at radius 1 is 1.38 bits per heavy atom. The van der Waals surface area contributed by atoms with Gasteiger partial charge in [-0.15, -0.1) is 0 Å². The van der Waals surface area contributed by atoms with E-state index in [0.717, 1.165) is 0 Å². The quantitative estimate of drug-likeness (QED) is 0.809. The predicted molar refractivity (Wildman–Crippen MR) is 61.2 cm³/mol. The maximum atomic E-state index is 11.3. The van der Waals surface area contributed by atoms with Crippen LogP contribution >= 0.6 is 0 Å². The first-order chi connectivity index (χ1) is 7.38. The van der Waals surface area contributed by atoms with Crippen molar-refractivity contribution in [3.05, 3.63) is 29.8 Å². The van der Waals surface area contributed by atoms with Crippen molar-refractivity contribution in [3.8, 4) is 5.75 Å². The molecule has 0 aromatic heterocycles. The molecule has 0 aliphatic carbocycles. The molecule has 88 valence electrons. The zero-order valence-corrected chi connectivity index (χ0v) is 9.78. The molecule has 4 heteroatoms. The fourth-order valence-electron chi connectivity index (χ4n) is 1.14. The molecule has 1 rings (SSSR count). The van der Waals surface area contributed by atoms with Gasteiger partial charge in [-0.05, 0) is 26.8 Å². The Kier molecular flexibility index (Phi) is 3.77. The third kappa shape index (κ3) is 4.21. The SMILES string of the molecule is CC(C)(C)OC(=O)NCc1ccccc1O. The third-order valence-electron chi connectivity index (χ3n) is 1.81. The normalized spacial score (nSPS) is 10.9. The van der Waals surface area contributed by atoms with Gasteiger partial charge in [-0.3, -0.25) is 0 Å². The van der Waals surface area contributed by atoms with Gasteiger partial charge >= 0.3 is 6.09 Å². The number of nitrogens with one attached hydrogen (secondary N) is 1. The number of phenols is 1. The minimum absolute atomic E-state index is 0.165. The molecule has 0 saturated heterocycles. The number of hydrogen-bond donors (Lipinski definition) is 2. The highest BCUT2D eigenvalue weighted by Crippen LogP contribution is 2.15. The second kappa shape index (κ2) is 4.88. The summed E-state index contributed by atoms with van der Waals surface area (Å²) in [5.41, 5.74) is 0.149. The van der Waals surface area contributed by atoms with E-state index >= 15 is 0 Å². The molecule has 1 aromatic carbocycles. The van der Waals surface area contributed by atoms with Crippen LogP contribution < -0.4 is 5.32 Å². The van der Waals surface area contributed by atoms with Crippen LogP contribution in [0.2, 0.25) is 0 Å². The fraction of sp³-hybridized carbons (Fsp3) is 0.417. The number of carbonyl (C=O) groups excluding carboxylic acids is 1. The molecule has 0 saturated carbocycles. The largest absolute Gasteiger partial charge is 0.508 e. The first-order valence-electron chi connectivity index (χ1n) is 5.12. The number of hydrogen-bond acceptors (Lipinski definition) is 3. The third-order valence-corrected chi connectivity index (χ3v) is 1.81. The number of aromatic hydroxyl groups is 1. The van der Waals surface area contributed by atoms with Crippen molar-refractivity contribution in [2.24, 2.45) is 0 Å². The molecular weight excluding hydrogens is 206 g/mol. The van der Waals surface area contributed by atoms with E-state index < -0.39 is 11.7 Å². The standard InChI is InChI=1S/C12H17NO3/c1-12(2,3)16-11(15)13-8-9-6-4-5-7-10(9)14/h4-7,14H,8H2,1-3H3,(H,13,15). The molecule has 0 atom stereocenters. The number of phenolic OH excluding ortho intramolecular Hbond substituents is 1. The topological polar surface area (TPSA) is 58.6 Å². The highest BCUT2D eigenvalue weighted by Gasteiger charge is 2.15. The van der Waals surface area contributed by atoms with Crippen LogP contribution in [0.25, 0.3) is 0 Å². The summed E-state index contributed by atoms with van der Waals surface area (Å²) in [5.74, 6) is 0.165. The van der Waals surface area contributed by atoms with Crippen molar-refractivity contribution in [3.63, 3.8) is 0 Å². The molecule has 0 heterocycles. The highest BCUT2D eigenvalue weighted by molar-refractivity contribution is 5.67. The Bertz CT molecular complexity index is 369. The fourth-order valence-corrected chi connectivity index (χ4v) is 1.14. The van der Waals surface area contributed by atoms with Crippen molar-refractivity contribution in [1.82, 2.24) is 5.32 Å². The average molecular weight is 223 g/mol. The van der Waals surface area contributed by atoms with Crippen molar-refractivity contribution < 1.29 is 14.6 Å². The molecule has 0 fully saturated rings. The molecule has 16 heavy (non-hydrogen) atoms. The molecule has 2 N–H and O–H groups in total. The van der Waals surface area contributed by atoms with E-state index in [4.69, 9.17) is 4.74 Å². The van der Waals surface area contributed by atoms with Crippen LogP contribution in [-0.2, 0) is 11.3 Å². The molecular formula is C12H17NO3. The number of alkyl carbamates (subject to hydrolysis) is 1. The van der Waals surface area contributed by atoms with Crippen molar-refractivity contribution >= 4 is 6.09 Å². The number of para-hydroxylation sites is 1. The summed E-state index contributed by atoms with van der Waals surface area (Å²) >= 11 is 0. The Hall–Kier alpha value is -1.71. The van der Waals surface area contributed by atoms with Crippen molar-refractivity contribution in [1.29, 1.82) is 0 Å². The highest BCUT2D eigenvalue weighted by atomic mass is 16.6. The van der Waals surface area contributed by atoms with Gasteiger partial charge in [-0.25, -0.2) is 4.79 Å². The van der Waals surface area contributed by atoms with Gasteiger partial charge in [-0.1, -0.05) is 18.2 Å². The lowest BCUT2D eigenvalue weighted by Gasteiger charge is -2.19. The second-order valence-electron chi connectivity index (χ2n) is 4.48. The van der Waals surface area contributed by atoms with E-state index in [1.165, 1.54) is 0 Å². The number of amides is 1. The maximum absolute atomic E-state index is 11.3. The Balaban J connectivity index is 2.47. The van der Waals surface area contributed by atoms with E-state index in [-0.39, 0.29) is 12.3 Å². The molecule has 4 nitrogen and oxygen atoms in total. The molecule has 0 bridgehead atoms. The first kappa shape index (κ1) is 12.4. The lowest BCUT2D eigenvalue weighted by molar-refractivity contribution is 0.0523. The smallest absolute Gasteiger partial charge is 0.407 e. The minimum atomic E-state index is -0.511. The Morgan fingerprint density at radius 3 is 2.56 bits per heavy atom. The molecule has 0 aliphatic rings. The van der Waals surface area contributed by atoms with Crippen LogP contribution in [0.15, 0.2) is 24.3 Å². The summed E-state index contributed by atoms with van der Waals surface area (Å²) in [6, 6.07) is 6.84. The summed E-state index contributed by atoms with van der Waals surface area (Å²) in [7, 11) is 0. The van der Waals surface area contributed by atoms with Crippen LogP contribution in [0, 0.1) is 0 Å². The minimum Gasteiger partial charge on any atom is -0.508 e. The summed E-state index contributed by atoms with van der Waals surface area (Å²) < 4.78 is 5.07. The predicted octanol–water partition coefficient (Wildman–Crippen LogP) is 2.42. The lowest BCUT2D eigenvalue weighted by atomic mass is 10.2. The zero-order valence-electron chi connectivity index (χ0n) is 9.78. The summed E-state index contributed by atoms with van der Waals surface area (Å²) in [6.07, 6.45) is -0.490. The Labute approximate surface area is 95.2 Å². The van der Waals surface area contributed by atoms with E-state index in [0.29, 0.717) is 5.56 Å². The van der Waals surface area contributed by atoms with Crippen LogP contribution in [-0.4, -0.2) is 16.8 Å².